The first kappa shape index (κ1) is 15.2. The fourth-order valence-corrected chi connectivity index (χ4v) is 2.24. The Balaban J connectivity index is 2.79. The number of rotatable bonds is 5. The van der Waals surface area contributed by atoms with E-state index >= 15 is 0 Å². The summed E-state index contributed by atoms with van der Waals surface area (Å²) < 4.78 is 0. The zero-order valence-electron chi connectivity index (χ0n) is 10.7. The van der Waals surface area contributed by atoms with Gasteiger partial charge in [0.05, 0.1) is 5.56 Å². The molecule has 18 heavy (non-hydrogen) atoms. The monoisotopic (exact) mass is 289 g/mol. The van der Waals surface area contributed by atoms with Crippen LogP contribution >= 0.6 is 23.2 Å². The molecule has 0 radical (unpaired) electrons. The van der Waals surface area contributed by atoms with E-state index in [-0.39, 0.29) is 27.8 Å². The standard InChI is InChI=1S/C12H17Cl2N3O/c1-4-8(5-2)7(3)15-12(18)9-6-10(13)16-17-11(9)14/h6-8H,4-5H2,1-3H3,(H,15,18). The maximum Gasteiger partial charge on any atom is 0.254 e. The molecule has 1 N–H and O–H groups in total. The minimum Gasteiger partial charge on any atom is -0.349 e. The number of nitrogens with one attached hydrogen (secondary N) is 1. The second-order valence-corrected chi connectivity index (χ2v) is 4.96. The molecule has 1 rings (SSSR count). The highest BCUT2D eigenvalue weighted by Gasteiger charge is 2.19. The van der Waals surface area contributed by atoms with E-state index in [1.807, 2.05) is 6.92 Å². The second-order valence-electron chi connectivity index (χ2n) is 4.21. The third-order valence-corrected chi connectivity index (χ3v) is 3.54. The molecule has 1 heterocycles. The van der Waals surface area contributed by atoms with Gasteiger partial charge in [0.25, 0.3) is 5.91 Å². The van der Waals surface area contributed by atoms with Crippen molar-refractivity contribution >= 4 is 29.1 Å². The fourth-order valence-electron chi connectivity index (χ4n) is 1.91. The summed E-state index contributed by atoms with van der Waals surface area (Å²) in [4.78, 5) is 12.0. The number of aromatic nitrogens is 2. The average Bonchev–Trinajstić information content (AvgIpc) is 2.33. The normalized spacial score (nSPS) is 12.6. The molecular weight excluding hydrogens is 273 g/mol. The van der Waals surface area contributed by atoms with Gasteiger partial charge in [0, 0.05) is 6.04 Å². The van der Waals surface area contributed by atoms with E-state index in [9.17, 15) is 4.79 Å². The van der Waals surface area contributed by atoms with Crippen molar-refractivity contribution in [1.82, 2.24) is 15.5 Å². The predicted molar refractivity (Wildman–Crippen MR) is 73.1 cm³/mol. The number of nitrogens with zero attached hydrogens (tertiary/aromatic N) is 2. The van der Waals surface area contributed by atoms with Crippen molar-refractivity contribution in [3.05, 3.63) is 21.9 Å². The Kier molecular flexibility index (Phi) is 5.82. The van der Waals surface area contributed by atoms with Gasteiger partial charge in [0.2, 0.25) is 0 Å². The van der Waals surface area contributed by atoms with Crippen LogP contribution in [0.25, 0.3) is 0 Å². The SMILES string of the molecule is CCC(CC)C(C)NC(=O)c1cc(Cl)nnc1Cl. The van der Waals surface area contributed by atoms with E-state index < -0.39 is 0 Å². The molecule has 100 valence electrons. The van der Waals surface area contributed by atoms with Gasteiger partial charge in [-0.2, -0.15) is 0 Å². The van der Waals surface area contributed by atoms with E-state index in [0.29, 0.717) is 5.92 Å². The number of carbonyl (C=O) groups excluding carboxylic acids is 1. The number of carbonyl (C=O) groups is 1. The first-order valence-electron chi connectivity index (χ1n) is 5.99. The lowest BCUT2D eigenvalue weighted by Gasteiger charge is -2.22. The molecular formula is C12H17Cl2N3O. The molecule has 1 unspecified atom stereocenters. The van der Waals surface area contributed by atoms with E-state index in [1.165, 1.54) is 6.07 Å². The van der Waals surface area contributed by atoms with Crippen LogP contribution in [-0.4, -0.2) is 22.1 Å². The van der Waals surface area contributed by atoms with Gasteiger partial charge < -0.3 is 5.32 Å². The highest BCUT2D eigenvalue weighted by molar-refractivity contribution is 6.34. The third kappa shape index (κ3) is 3.82. The lowest BCUT2D eigenvalue weighted by Crippen LogP contribution is -2.38. The van der Waals surface area contributed by atoms with Gasteiger partial charge in [-0.25, -0.2) is 0 Å². The zero-order valence-corrected chi connectivity index (χ0v) is 12.2. The Bertz CT molecular complexity index is 422. The lowest BCUT2D eigenvalue weighted by molar-refractivity contribution is 0.0925. The van der Waals surface area contributed by atoms with Crippen LogP contribution in [0.5, 0.6) is 0 Å². The van der Waals surface area contributed by atoms with E-state index in [0.717, 1.165) is 12.8 Å². The van der Waals surface area contributed by atoms with E-state index in [1.54, 1.807) is 0 Å². The Morgan fingerprint density at radius 2 is 1.94 bits per heavy atom. The number of halogens is 2. The van der Waals surface area contributed by atoms with Gasteiger partial charge in [-0.15, -0.1) is 10.2 Å². The van der Waals surface area contributed by atoms with E-state index in [4.69, 9.17) is 23.2 Å². The highest BCUT2D eigenvalue weighted by atomic mass is 35.5. The van der Waals surface area contributed by atoms with Crippen LogP contribution in [0.3, 0.4) is 0 Å². The van der Waals surface area contributed by atoms with Crippen LogP contribution in [-0.2, 0) is 0 Å². The second kappa shape index (κ2) is 6.90. The van der Waals surface area contributed by atoms with Gasteiger partial charge >= 0.3 is 0 Å². The summed E-state index contributed by atoms with van der Waals surface area (Å²) in [5.41, 5.74) is 0.259. The van der Waals surface area contributed by atoms with Crippen LogP contribution in [0.1, 0.15) is 44.0 Å². The smallest absolute Gasteiger partial charge is 0.254 e. The van der Waals surface area contributed by atoms with Crippen molar-refractivity contribution in [3.8, 4) is 0 Å². The Morgan fingerprint density at radius 1 is 1.33 bits per heavy atom. The van der Waals surface area contributed by atoms with Crippen molar-refractivity contribution in [2.75, 3.05) is 0 Å². The lowest BCUT2D eigenvalue weighted by atomic mass is 9.95. The molecule has 1 amide bonds. The molecule has 0 aliphatic rings. The first-order valence-corrected chi connectivity index (χ1v) is 6.74. The summed E-state index contributed by atoms with van der Waals surface area (Å²) in [5, 5.41) is 10.3. The molecule has 0 aliphatic carbocycles. The molecule has 0 spiro atoms. The van der Waals surface area contributed by atoms with Crippen LogP contribution < -0.4 is 5.32 Å². The molecule has 0 bridgehead atoms. The van der Waals surface area contributed by atoms with Crippen LogP contribution in [0.4, 0.5) is 0 Å². The topological polar surface area (TPSA) is 54.9 Å². The molecule has 4 nitrogen and oxygen atoms in total. The van der Waals surface area contributed by atoms with Crippen LogP contribution in [0.15, 0.2) is 6.07 Å². The molecule has 0 saturated heterocycles. The maximum absolute atomic E-state index is 12.0. The fraction of sp³-hybridized carbons (Fsp3) is 0.583. The molecule has 6 heteroatoms. The van der Waals surface area contributed by atoms with Crippen LogP contribution in [0.2, 0.25) is 10.3 Å². The molecule has 0 saturated carbocycles. The third-order valence-electron chi connectivity index (χ3n) is 3.08. The summed E-state index contributed by atoms with van der Waals surface area (Å²) >= 11 is 11.5. The van der Waals surface area contributed by atoms with Crippen molar-refractivity contribution in [2.45, 2.75) is 39.7 Å². The van der Waals surface area contributed by atoms with Crippen LogP contribution in [0, 0.1) is 5.92 Å². The Labute approximate surface area is 117 Å². The zero-order chi connectivity index (χ0) is 13.7. The first-order chi connectivity index (χ1) is 8.49. The number of hydrogen-bond acceptors (Lipinski definition) is 3. The summed E-state index contributed by atoms with van der Waals surface area (Å²) in [6, 6.07) is 1.50. The minimum absolute atomic E-state index is 0.0636. The van der Waals surface area contributed by atoms with Crippen molar-refractivity contribution in [2.24, 2.45) is 5.92 Å². The highest BCUT2D eigenvalue weighted by Crippen LogP contribution is 2.17. The largest absolute Gasteiger partial charge is 0.349 e. The molecule has 0 fully saturated rings. The van der Waals surface area contributed by atoms with Gasteiger partial charge in [-0.3, -0.25) is 4.79 Å². The van der Waals surface area contributed by atoms with Gasteiger partial charge in [0.15, 0.2) is 10.3 Å². The molecule has 0 aromatic carbocycles. The quantitative estimate of drug-likeness (QED) is 0.904. The van der Waals surface area contributed by atoms with Crippen molar-refractivity contribution in [1.29, 1.82) is 0 Å². The Morgan fingerprint density at radius 3 is 2.50 bits per heavy atom. The molecule has 1 atom stereocenters. The van der Waals surface area contributed by atoms with E-state index in [2.05, 4.69) is 29.4 Å². The summed E-state index contributed by atoms with van der Waals surface area (Å²) in [6.07, 6.45) is 2.03. The molecule has 1 aromatic heterocycles. The minimum atomic E-state index is -0.267. The molecule has 1 aromatic rings. The molecule has 0 aliphatic heterocycles. The van der Waals surface area contributed by atoms with Gasteiger partial charge in [-0.1, -0.05) is 49.9 Å². The summed E-state index contributed by atoms with van der Waals surface area (Å²) in [5.74, 6) is 0.175. The average molecular weight is 290 g/mol. The summed E-state index contributed by atoms with van der Waals surface area (Å²) in [6.45, 7) is 6.20. The number of hydrogen-bond donors (Lipinski definition) is 1. The maximum atomic E-state index is 12.0. The number of amides is 1. The van der Waals surface area contributed by atoms with Crippen molar-refractivity contribution in [3.63, 3.8) is 0 Å². The van der Waals surface area contributed by atoms with Gasteiger partial charge in [0.1, 0.15) is 0 Å². The van der Waals surface area contributed by atoms with Gasteiger partial charge in [-0.05, 0) is 18.9 Å². The van der Waals surface area contributed by atoms with Crippen molar-refractivity contribution < 1.29 is 4.79 Å². The predicted octanol–water partition coefficient (Wildman–Crippen LogP) is 3.34. The summed E-state index contributed by atoms with van der Waals surface area (Å²) in [7, 11) is 0. The Hall–Kier alpha value is -0.870.